The van der Waals surface area contributed by atoms with Crippen LogP contribution in [0.2, 0.25) is 0 Å². The fourth-order valence-corrected chi connectivity index (χ4v) is 3.53. The Hall–Kier alpha value is 0.270. The van der Waals surface area contributed by atoms with Crippen LogP contribution in [0.1, 0.15) is 24.8 Å². The van der Waals surface area contributed by atoms with Gasteiger partial charge in [0.05, 0.1) is 0 Å². The van der Waals surface area contributed by atoms with E-state index in [4.69, 9.17) is 0 Å². The molecule has 0 aliphatic rings. The normalized spacial score (nSPS) is 11.7. The van der Waals surface area contributed by atoms with Gasteiger partial charge in [-0.3, -0.25) is 0 Å². The first-order valence-corrected chi connectivity index (χ1v) is 7.57. The van der Waals surface area contributed by atoms with Gasteiger partial charge in [0.15, 0.2) is 0 Å². The molecule has 16 heavy (non-hydrogen) atoms. The third kappa shape index (κ3) is 3.64. The highest BCUT2D eigenvalue weighted by Crippen LogP contribution is 2.36. The average Bonchev–Trinajstić information content (AvgIpc) is 2.31. The largest absolute Gasteiger partial charge is 0.179 e. The lowest BCUT2D eigenvalue weighted by Gasteiger charge is -2.33. The Morgan fingerprint density at radius 3 is 1.56 bits per heavy atom. The quantitative estimate of drug-likeness (QED) is 0.616. The van der Waals surface area contributed by atoms with E-state index < -0.39 is 0 Å². The number of benzene rings is 1. The van der Waals surface area contributed by atoms with E-state index >= 15 is 0 Å². The summed E-state index contributed by atoms with van der Waals surface area (Å²) >= 11 is 13.2. The average molecular weight is 273 g/mol. The Labute approximate surface area is 115 Å². The molecule has 0 atom stereocenters. The van der Waals surface area contributed by atoms with Crippen molar-refractivity contribution >= 4 is 37.9 Å². The van der Waals surface area contributed by atoms with E-state index in [9.17, 15) is 0 Å². The molecule has 0 fully saturated rings. The molecule has 0 spiro atoms. The molecule has 1 rings (SSSR count). The maximum absolute atomic E-state index is 4.40. The van der Waals surface area contributed by atoms with Gasteiger partial charge in [-0.25, -0.2) is 0 Å². The van der Waals surface area contributed by atoms with Crippen molar-refractivity contribution in [2.45, 2.75) is 24.7 Å². The first-order valence-electron chi connectivity index (χ1n) is 5.67. The number of thiol groups is 3. The molecule has 0 aliphatic heterocycles. The molecule has 0 nitrogen and oxygen atoms in total. The van der Waals surface area contributed by atoms with Crippen molar-refractivity contribution in [2.24, 2.45) is 0 Å². The molecule has 0 N–H and O–H groups in total. The van der Waals surface area contributed by atoms with Gasteiger partial charge in [-0.05, 0) is 47.5 Å². The predicted octanol–water partition coefficient (Wildman–Crippen LogP) is 3.88. The maximum atomic E-state index is 4.40. The lowest BCUT2D eigenvalue weighted by molar-refractivity contribution is 0.392. The summed E-state index contributed by atoms with van der Waals surface area (Å²) in [5.74, 6) is 2.74. The van der Waals surface area contributed by atoms with Gasteiger partial charge in [-0.15, -0.1) is 0 Å². The Kier molecular flexibility index (Phi) is 6.78. The van der Waals surface area contributed by atoms with Crippen molar-refractivity contribution in [2.75, 3.05) is 17.3 Å². The summed E-state index contributed by atoms with van der Waals surface area (Å²) in [5, 5.41) is 0. The van der Waals surface area contributed by atoms with Crippen LogP contribution in [0.3, 0.4) is 0 Å². The zero-order valence-corrected chi connectivity index (χ0v) is 12.2. The highest BCUT2D eigenvalue weighted by molar-refractivity contribution is 7.80. The molecule has 1 aromatic carbocycles. The number of rotatable bonds is 7. The van der Waals surface area contributed by atoms with E-state index in [0.29, 0.717) is 0 Å². The molecule has 0 saturated heterocycles. The fourth-order valence-electron chi connectivity index (χ4n) is 2.24. The van der Waals surface area contributed by atoms with Gasteiger partial charge in [-0.2, -0.15) is 37.9 Å². The molecular weight excluding hydrogens is 252 g/mol. The van der Waals surface area contributed by atoms with Gasteiger partial charge in [0, 0.05) is 0 Å². The van der Waals surface area contributed by atoms with Gasteiger partial charge in [0.2, 0.25) is 0 Å². The molecule has 0 bridgehead atoms. The van der Waals surface area contributed by atoms with Crippen molar-refractivity contribution in [3.63, 3.8) is 0 Å². The molecule has 1 aromatic rings. The van der Waals surface area contributed by atoms with Crippen LogP contribution >= 0.6 is 37.9 Å². The van der Waals surface area contributed by atoms with Crippen LogP contribution < -0.4 is 0 Å². The maximum Gasteiger partial charge on any atom is -0.00237 e. The molecule has 0 heterocycles. The molecule has 0 unspecified atom stereocenters. The highest BCUT2D eigenvalue weighted by atomic mass is 32.1. The first-order chi connectivity index (χ1) is 7.79. The second kappa shape index (κ2) is 7.57. The van der Waals surface area contributed by atoms with Crippen molar-refractivity contribution in [1.82, 2.24) is 0 Å². The molecule has 0 radical (unpaired) electrons. The van der Waals surface area contributed by atoms with Crippen LogP contribution in [0.5, 0.6) is 0 Å². The second-order valence-corrected chi connectivity index (χ2v) is 5.41. The Balaban J connectivity index is 2.99. The number of hydrogen-bond acceptors (Lipinski definition) is 3. The monoisotopic (exact) mass is 272 g/mol. The second-order valence-electron chi connectivity index (χ2n) is 4.07. The minimum absolute atomic E-state index is 0.215. The highest BCUT2D eigenvalue weighted by Gasteiger charge is 2.29. The van der Waals surface area contributed by atoms with Crippen LogP contribution in [-0.2, 0) is 5.41 Å². The van der Waals surface area contributed by atoms with Crippen LogP contribution in [0.25, 0.3) is 0 Å². The molecule has 0 saturated carbocycles. The Morgan fingerprint density at radius 1 is 0.750 bits per heavy atom. The minimum atomic E-state index is 0.215. The van der Waals surface area contributed by atoms with Gasteiger partial charge < -0.3 is 0 Å². The van der Waals surface area contributed by atoms with E-state index in [1.54, 1.807) is 0 Å². The third-order valence-corrected chi connectivity index (χ3v) is 3.83. The third-order valence-electron chi connectivity index (χ3n) is 3.16. The van der Waals surface area contributed by atoms with Crippen molar-refractivity contribution in [3.05, 3.63) is 35.9 Å². The van der Waals surface area contributed by atoms with Gasteiger partial charge in [0.25, 0.3) is 0 Å². The molecule has 0 aromatic heterocycles. The summed E-state index contributed by atoms with van der Waals surface area (Å²) in [4.78, 5) is 0. The van der Waals surface area contributed by atoms with Crippen LogP contribution in [0.4, 0.5) is 0 Å². The lowest BCUT2D eigenvalue weighted by atomic mass is 9.74. The zero-order chi connectivity index (χ0) is 11.9. The van der Waals surface area contributed by atoms with E-state index in [1.165, 1.54) is 5.56 Å². The van der Waals surface area contributed by atoms with Gasteiger partial charge >= 0.3 is 0 Å². The lowest BCUT2D eigenvalue weighted by Crippen LogP contribution is -2.28. The fraction of sp³-hybridized carbons (Fsp3) is 0.538. The first kappa shape index (κ1) is 14.3. The van der Waals surface area contributed by atoms with Gasteiger partial charge in [-0.1, -0.05) is 30.3 Å². The number of hydrogen-bond donors (Lipinski definition) is 3. The van der Waals surface area contributed by atoms with Crippen molar-refractivity contribution in [1.29, 1.82) is 0 Å². The van der Waals surface area contributed by atoms with Crippen LogP contribution in [0, 0.1) is 0 Å². The van der Waals surface area contributed by atoms with E-state index in [1.807, 2.05) is 0 Å². The zero-order valence-electron chi connectivity index (χ0n) is 9.47. The molecule has 0 aliphatic carbocycles. The van der Waals surface area contributed by atoms with E-state index in [0.717, 1.165) is 36.5 Å². The van der Waals surface area contributed by atoms with Crippen LogP contribution in [-0.4, -0.2) is 17.3 Å². The van der Waals surface area contributed by atoms with E-state index in [-0.39, 0.29) is 5.41 Å². The summed E-state index contributed by atoms with van der Waals surface area (Å²) in [6.07, 6.45) is 3.30. The molecular formula is C13H20S3. The molecule has 0 amide bonds. The predicted molar refractivity (Wildman–Crippen MR) is 83.5 cm³/mol. The summed E-state index contributed by atoms with van der Waals surface area (Å²) in [6, 6.07) is 10.7. The minimum Gasteiger partial charge on any atom is -0.179 e. The summed E-state index contributed by atoms with van der Waals surface area (Å²) < 4.78 is 0. The van der Waals surface area contributed by atoms with Crippen molar-refractivity contribution in [3.8, 4) is 0 Å². The Morgan fingerprint density at radius 2 is 1.19 bits per heavy atom. The smallest absolute Gasteiger partial charge is 0.00237 e. The van der Waals surface area contributed by atoms with Crippen molar-refractivity contribution < 1.29 is 0 Å². The molecule has 3 heteroatoms. The molecule has 90 valence electrons. The Bertz CT molecular complexity index is 267. The van der Waals surface area contributed by atoms with Gasteiger partial charge in [0.1, 0.15) is 0 Å². The summed E-state index contributed by atoms with van der Waals surface area (Å²) in [6.45, 7) is 0. The summed E-state index contributed by atoms with van der Waals surface area (Å²) in [5.41, 5.74) is 1.62. The SMILES string of the molecule is SCCC(CCS)(CCS)c1ccccc1. The standard InChI is InChI=1S/C13H20S3/c14-9-6-13(7-10-15,8-11-16)12-4-2-1-3-5-12/h1-5,14-16H,6-11H2. The van der Waals surface area contributed by atoms with E-state index in [2.05, 4.69) is 68.2 Å². The summed E-state index contributed by atoms with van der Waals surface area (Å²) in [7, 11) is 0. The van der Waals surface area contributed by atoms with Crippen LogP contribution in [0.15, 0.2) is 30.3 Å². The topological polar surface area (TPSA) is 0 Å².